The van der Waals surface area contributed by atoms with Crippen LogP contribution in [0.2, 0.25) is 0 Å². The van der Waals surface area contributed by atoms with Crippen LogP contribution in [0.3, 0.4) is 0 Å². The average Bonchev–Trinajstić information content (AvgIpc) is 3.55. The summed E-state index contributed by atoms with van der Waals surface area (Å²) in [5.41, 5.74) is 8.65. The molecule has 5 heteroatoms. The summed E-state index contributed by atoms with van der Waals surface area (Å²) in [6.07, 6.45) is 4.91. The number of hydrogen-bond acceptors (Lipinski definition) is 4. The molecule has 2 aromatic heterocycles. The molecule has 6 rings (SSSR count). The number of ketones is 1. The van der Waals surface area contributed by atoms with Gasteiger partial charge in [0.1, 0.15) is 0 Å². The Morgan fingerprint density at radius 3 is 2.15 bits per heavy atom. The molecule has 0 bridgehead atoms. The molecule has 3 aromatic carbocycles. The summed E-state index contributed by atoms with van der Waals surface area (Å²) in [4.78, 5) is 18.2. The van der Waals surface area contributed by atoms with Gasteiger partial charge in [0.25, 0.3) is 0 Å². The van der Waals surface area contributed by atoms with Crippen LogP contribution in [-0.4, -0.2) is 15.9 Å². The minimum Gasteiger partial charge on any atom is -0.512 e. The minimum absolute atomic E-state index is 0. The van der Waals surface area contributed by atoms with Crippen molar-refractivity contribution in [1.29, 1.82) is 0 Å². The molecule has 0 atom stereocenters. The zero-order chi connectivity index (χ0) is 33.2. The Hall–Kier alpha value is -3.11. The zero-order valence-corrected chi connectivity index (χ0v) is 32.2. The number of allylic oxidation sites excluding steroid dienone is 2. The molecule has 1 aliphatic rings. The molecule has 1 N–H and O–H groups in total. The van der Waals surface area contributed by atoms with Gasteiger partial charge >= 0.3 is 0 Å². The molecule has 47 heavy (non-hydrogen) atoms. The molecular weight excluding hydrogens is 775 g/mol. The Morgan fingerprint density at radius 1 is 0.894 bits per heavy atom. The number of rotatable bonds is 9. The molecule has 0 aliphatic heterocycles. The Morgan fingerprint density at radius 2 is 1.51 bits per heavy atom. The second-order valence-corrected chi connectivity index (χ2v) is 14.4. The number of fused-ring (bicyclic) bond motifs is 6. The summed E-state index contributed by atoms with van der Waals surface area (Å²) >= 11 is 1.91. The minimum atomic E-state index is -0.0946. The van der Waals surface area contributed by atoms with Gasteiger partial charge in [-0.1, -0.05) is 103 Å². The van der Waals surface area contributed by atoms with Gasteiger partial charge in [-0.2, -0.15) is 0 Å². The number of aliphatic hydroxyl groups is 1. The fraction of sp³-hybridized carbons (Fsp3) is 0.381. The first-order chi connectivity index (χ1) is 22.1. The molecule has 0 unspecified atom stereocenters. The van der Waals surface area contributed by atoms with E-state index >= 15 is 0 Å². The van der Waals surface area contributed by atoms with Gasteiger partial charge in [-0.3, -0.25) is 9.78 Å². The third-order valence-electron chi connectivity index (χ3n) is 9.80. The van der Waals surface area contributed by atoms with Crippen LogP contribution in [0.5, 0.6) is 0 Å². The van der Waals surface area contributed by atoms with Crippen molar-refractivity contribution in [2.45, 2.75) is 92.4 Å². The fourth-order valence-corrected chi connectivity index (χ4v) is 8.50. The predicted octanol–water partition coefficient (Wildman–Crippen LogP) is 12.2. The summed E-state index contributed by atoms with van der Waals surface area (Å²) < 4.78 is 1.37. The second kappa shape index (κ2) is 15.4. The maximum atomic E-state index is 11.7. The van der Waals surface area contributed by atoms with Crippen molar-refractivity contribution in [2.24, 2.45) is 11.8 Å². The summed E-state index contributed by atoms with van der Waals surface area (Å²) in [5, 5.41) is 12.4. The van der Waals surface area contributed by atoms with Crippen LogP contribution in [0.15, 0.2) is 78.6 Å². The van der Waals surface area contributed by atoms with E-state index in [2.05, 4.69) is 100 Å². The largest absolute Gasteiger partial charge is 0.512 e. The molecule has 1 radical (unpaired) electrons. The van der Waals surface area contributed by atoms with E-state index in [1.54, 1.807) is 0 Å². The standard InChI is InChI=1S/C29H24NS.C13H24O2.Ir/c1-17(2)22-16-24(30-23-14-7-5-10-18(22)23)19-12-9-13-21-26(19)29(3,4)27-20-11-6-8-15-25(20)31-28(21)27;1-5-10(6-2)12(14)9-13(15)11(7-3)8-4;/h5-11,13-17H,1-4H3;9-11,14H,5-8H2,1-4H3;/q-1;;/b;12-9-;. The Kier molecular flexibility index (Phi) is 12.0. The number of aromatic nitrogens is 1. The fourth-order valence-electron chi connectivity index (χ4n) is 7.11. The molecule has 0 fully saturated rings. The van der Waals surface area contributed by atoms with Crippen LogP contribution >= 0.6 is 11.3 Å². The summed E-state index contributed by atoms with van der Waals surface area (Å²) in [5.74, 6) is 0.980. The smallest absolute Gasteiger partial charge is 0.162 e. The van der Waals surface area contributed by atoms with Gasteiger partial charge < -0.3 is 5.11 Å². The van der Waals surface area contributed by atoms with Crippen molar-refractivity contribution in [2.75, 3.05) is 0 Å². The Labute approximate surface area is 298 Å². The Balaban J connectivity index is 0.000000269. The molecule has 249 valence electrons. The van der Waals surface area contributed by atoms with Gasteiger partial charge in [0.05, 0.1) is 11.3 Å². The number of thiophene rings is 1. The first kappa shape index (κ1) is 36.7. The summed E-state index contributed by atoms with van der Waals surface area (Å²) in [7, 11) is 0. The van der Waals surface area contributed by atoms with Gasteiger partial charge in [-0.15, -0.1) is 40.7 Å². The van der Waals surface area contributed by atoms with E-state index in [1.807, 2.05) is 39.0 Å². The molecule has 2 heterocycles. The van der Waals surface area contributed by atoms with Crippen molar-refractivity contribution >= 4 is 38.1 Å². The van der Waals surface area contributed by atoms with Crippen molar-refractivity contribution in [3.05, 3.63) is 101 Å². The number of carbonyl (C=O) groups excluding carboxylic acids is 1. The summed E-state index contributed by atoms with van der Waals surface area (Å²) in [6.45, 7) is 17.3. The van der Waals surface area contributed by atoms with Gasteiger partial charge in [-0.05, 0) is 71.4 Å². The first-order valence-electron chi connectivity index (χ1n) is 17.0. The van der Waals surface area contributed by atoms with Crippen molar-refractivity contribution < 1.29 is 30.0 Å². The van der Waals surface area contributed by atoms with Crippen molar-refractivity contribution in [1.82, 2.24) is 4.98 Å². The van der Waals surface area contributed by atoms with Gasteiger partial charge in [-0.25, -0.2) is 0 Å². The monoisotopic (exact) mass is 823 g/mol. The third kappa shape index (κ3) is 7.04. The van der Waals surface area contributed by atoms with Gasteiger partial charge in [0.2, 0.25) is 0 Å². The Bertz CT molecular complexity index is 1890. The van der Waals surface area contributed by atoms with Crippen LogP contribution in [0, 0.1) is 17.9 Å². The molecule has 0 spiro atoms. The van der Waals surface area contributed by atoms with E-state index in [0.29, 0.717) is 5.92 Å². The molecule has 0 amide bonds. The van der Waals surface area contributed by atoms with Crippen LogP contribution in [-0.2, 0) is 30.3 Å². The number of para-hydroxylation sites is 1. The molecule has 5 aromatic rings. The van der Waals surface area contributed by atoms with Crippen LogP contribution in [0.1, 0.15) is 104 Å². The second-order valence-electron chi connectivity index (χ2n) is 13.3. The maximum absolute atomic E-state index is 11.7. The number of pyridine rings is 1. The maximum Gasteiger partial charge on any atom is 0.162 e. The number of nitrogens with zero attached hydrogens (tertiary/aromatic N) is 1. The molecule has 0 saturated carbocycles. The zero-order valence-electron chi connectivity index (χ0n) is 29.0. The van der Waals surface area contributed by atoms with Crippen LogP contribution in [0.4, 0.5) is 0 Å². The van der Waals surface area contributed by atoms with Crippen LogP contribution in [0.25, 0.3) is 42.7 Å². The number of carbonyl (C=O) groups is 1. The van der Waals surface area contributed by atoms with Crippen molar-refractivity contribution in [3.8, 4) is 21.7 Å². The topological polar surface area (TPSA) is 50.2 Å². The van der Waals surface area contributed by atoms with E-state index in [-0.39, 0.29) is 48.9 Å². The van der Waals surface area contributed by atoms with Crippen molar-refractivity contribution in [3.63, 3.8) is 0 Å². The summed E-state index contributed by atoms with van der Waals surface area (Å²) in [6, 6.07) is 27.5. The third-order valence-corrected chi connectivity index (χ3v) is 11.0. The number of benzene rings is 3. The number of hydrogen-bond donors (Lipinski definition) is 1. The van der Waals surface area contributed by atoms with E-state index in [9.17, 15) is 9.90 Å². The molecule has 1 aliphatic carbocycles. The molecule has 3 nitrogen and oxygen atoms in total. The van der Waals surface area contributed by atoms with E-state index in [1.165, 1.54) is 48.7 Å². The normalized spacial score (nSPS) is 13.5. The van der Waals surface area contributed by atoms with Crippen LogP contribution < -0.4 is 0 Å². The average molecular weight is 823 g/mol. The predicted molar refractivity (Wildman–Crippen MR) is 197 cm³/mol. The molecule has 0 saturated heterocycles. The SMILES string of the molecule is CC(C)c1cc(-c2[c-]ccc3c2C(C)(C)c2c-3sc3ccccc23)nc2ccccc12.CCC(CC)C(=O)/C=C(\O)C(CC)CC.[Ir]. The van der Waals surface area contributed by atoms with Gasteiger partial charge in [0.15, 0.2) is 5.78 Å². The van der Waals surface area contributed by atoms with E-state index in [0.717, 1.165) is 42.5 Å². The van der Waals surface area contributed by atoms with E-state index in [4.69, 9.17) is 4.98 Å². The molecular formula is C42H48IrNO2S-. The number of aliphatic hydroxyl groups excluding tert-OH is 1. The van der Waals surface area contributed by atoms with Gasteiger partial charge in [0, 0.05) is 53.0 Å². The first-order valence-corrected chi connectivity index (χ1v) is 17.8. The quantitative estimate of drug-likeness (QED) is 0.0915. The van der Waals surface area contributed by atoms with E-state index < -0.39 is 0 Å².